The van der Waals surface area contributed by atoms with Crippen molar-refractivity contribution in [3.8, 4) is 0 Å². The summed E-state index contributed by atoms with van der Waals surface area (Å²) in [4.78, 5) is 8.54. The van der Waals surface area contributed by atoms with E-state index in [1.807, 2.05) is 25.2 Å². The maximum atomic E-state index is 4.29. The van der Waals surface area contributed by atoms with Crippen molar-refractivity contribution in [1.82, 2.24) is 15.6 Å². The van der Waals surface area contributed by atoms with E-state index in [9.17, 15) is 0 Å². The number of aromatic nitrogens is 1. The summed E-state index contributed by atoms with van der Waals surface area (Å²) in [6.45, 7) is 7.01. The topological polar surface area (TPSA) is 61.3 Å². The normalized spacial score (nSPS) is 11.3. The highest BCUT2D eigenvalue weighted by Crippen LogP contribution is 2.09. The zero-order valence-corrected chi connectivity index (χ0v) is 16.2. The van der Waals surface area contributed by atoms with Gasteiger partial charge in [-0.15, -0.1) is 0 Å². The highest BCUT2D eigenvalue weighted by atomic mass is 15.2. The first-order chi connectivity index (χ1) is 12.7. The Hall–Kier alpha value is -2.56. The van der Waals surface area contributed by atoms with Crippen molar-refractivity contribution >= 4 is 11.8 Å². The third kappa shape index (κ3) is 7.55. The summed E-state index contributed by atoms with van der Waals surface area (Å²) in [6, 6.07) is 12.6. The Labute approximate surface area is 157 Å². The first-order valence-corrected chi connectivity index (χ1v) is 9.34. The number of benzene rings is 1. The lowest BCUT2D eigenvalue weighted by molar-refractivity contribution is 0.710. The molecule has 140 valence electrons. The molecule has 0 saturated carbocycles. The maximum Gasteiger partial charge on any atom is 0.190 e. The maximum absolute atomic E-state index is 4.29. The molecule has 1 heterocycles. The molecule has 0 fully saturated rings. The van der Waals surface area contributed by atoms with Crippen LogP contribution in [0.25, 0.3) is 0 Å². The number of anilines is 1. The smallest absolute Gasteiger partial charge is 0.190 e. The molecular weight excluding hydrogens is 322 g/mol. The van der Waals surface area contributed by atoms with Crippen LogP contribution in [0.3, 0.4) is 0 Å². The number of hydrogen-bond donors (Lipinski definition) is 3. The van der Waals surface area contributed by atoms with Gasteiger partial charge in [-0.1, -0.05) is 35.4 Å². The fourth-order valence-electron chi connectivity index (χ4n) is 2.90. The van der Waals surface area contributed by atoms with Crippen LogP contribution in [0.2, 0.25) is 0 Å². The van der Waals surface area contributed by atoms with Crippen molar-refractivity contribution in [2.75, 3.05) is 32.0 Å². The number of nitrogens with zero attached hydrogens (tertiary/aromatic N) is 2. The highest BCUT2D eigenvalue weighted by molar-refractivity contribution is 5.79. The summed E-state index contributed by atoms with van der Waals surface area (Å²) in [5, 5.41) is 10.1. The molecule has 5 heteroatoms. The van der Waals surface area contributed by atoms with Crippen LogP contribution in [0, 0.1) is 13.8 Å². The van der Waals surface area contributed by atoms with E-state index < -0.39 is 0 Å². The lowest BCUT2D eigenvalue weighted by Gasteiger charge is -2.12. The van der Waals surface area contributed by atoms with Crippen LogP contribution in [0.15, 0.2) is 47.6 Å². The quantitative estimate of drug-likeness (QED) is 0.368. The minimum absolute atomic E-state index is 0.868. The van der Waals surface area contributed by atoms with Gasteiger partial charge in [0, 0.05) is 32.9 Å². The summed E-state index contributed by atoms with van der Waals surface area (Å²) in [5.74, 6) is 1.80. The van der Waals surface area contributed by atoms with Gasteiger partial charge in [-0.05, 0) is 50.8 Å². The van der Waals surface area contributed by atoms with Crippen LogP contribution in [0.1, 0.15) is 29.5 Å². The molecule has 2 aromatic rings. The minimum atomic E-state index is 0.868. The van der Waals surface area contributed by atoms with Gasteiger partial charge in [0.05, 0.1) is 0 Å². The molecule has 0 unspecified atom stereocenters. The monoisotopic (exact) mass is 353 g/mol. The van der Waals surface area contributed by atoms with Crippen molar-refractivity contribution in [2.24, 2.45) is 4.99 Å². The predicted molar refractivity (Wildman–Crippen MR) is 111 cm³/mol. The van der Waals surface area contributed by atoms with Gasteiger partial charge in [0.1, 0.15) is 5.82 Å². The number of aryl methyl sites for hydroxylation is 2. The van der Waals surface area contributed by atoms with Gasteiger partial charge in [-0.2, -0.15) is 0 Å². The van der Waals surface area contributed by atoms with Crippen LogP contribution >= 0.6 is 0 Å². The van der Waals surface area contributed by atoms with Gasteiger partial charge in [0.2, 0.25) is 0 Å². The van der Waals surface area contributed by atoms with Crippen LogP contribution in [-0.4, -0.2) is 37.6 Å². The number of unbranched alkanes of at least 4 members (excludes halogenated alkanes) is 1. The van der Waals surface area contributed by atoms with E-state index in [-0.39, 0.29) is 0 Å². The van der Waals surface area contributed by atoms with Gasteiger partial charge in [0.25, 0.3) is 0 Å². The molecule has 0 atom stereocenters. The average molecular weight is 354 g/mol. The highest BCUT2D eigenvalue weighted by Gasteiger charge is 1.99. The lowest BCUT2D eigenvalue weighted by Crippen LogP contribution is -2.38. The molecule has 1 aromatic carbocycles. The van der Waals surface area contributed by atoms with Gasteiger partial charge in [-0.25, -0.2) is 4.98 Å². The molecule has 0 saturated heterocycles. The third-order valence-corrected chi connectivity index (χ3v) is 4.08. The Morgan fingerprint density at radius 3 is 2.38 bits per heavy atom. The van der Waals surface area contributed by atoms with Crippen molar-refractivity contribution in [3.05, 3.63) is 59.3 Å². The number of pyridine rings is 1. The number of rotatable bonds is 9. The Morgan fingerprint density at radius 1 is 0.962 bits per heavy atom. The molecule has 0 radical (unpaired) electrons. The average Bonchev–Trinajstić information content (AvgIpc) is 2.63. The number of nitrogens with one attached hydrogen (secondary N) is 3. The summed E-state index contributed by atoms with van der Waals surface area (Å²) in [5.41, 5.74) is 4.01. The van der Waals surface area contributed by atoms with E-state index in [4.69, 9.17) is 0 Å². The summed E-state index contributed by atoms with van der Waals surface area (Å²) in [6.07, 6.45) is 4.97. The van der Waals surface area contributed by atoms with Gasteiger partial charge in [-0.3, -0.25) is 4.99 Å². The van der Waals surface area contributed by atoms with Crippen molar-refractivity contribution in [3.63, 3.8) is 0 Å². The second-order valence-corrected chi connectivity index (χ2v) is 6.52. The van der Waals surface area contributed by atoms with E-state index in [1.54, 1.807) is 6.20 Å². The molecule has 2 rings (SSSR count). The van der Waals surface area contributed by atoms with Crippen LogP contribution in [-0.2, 0) is 6.42 Å². The molecule has 0 spiro atoms. The largest absolute Gasteiger partial charge is 0.370 e. The van der Waals surface area contributed by atoms with Crippen LogP contribution < -0.4 is 16.0 Å². The molecule has 0 aliphatic heterocycles. The summed E-state index contributed by atoms with van der Waals surface area (Å²) >= 11 is 0. The number of aliphatic imine (C=N–C) groups is 1. The fourth-order valence-corrected chi connectivity index (χ4v) is 2.90. The molecule has 3 N–H and O–H groups in total. The van der Waals surface area contributed by atoms with E-state index >= 15 is 0 Å². The Balaban J connectivity index is 1.57. The molecule has 5 nitrogen and oxygen atoms in total. The Bertz CT molecular complexity index is 662. The van der Waals surface area contributed by atoms with Crippen molar-refractivity contribution in [2.45, 2.75) is 33.1 Å². The fraction of sp³-hybridized carbons (Fsp3) is 0.429. The molecule has 0 amide bonds. The second-order valence-electron chi connectivity index (χ2n) is 6.52. The zero-order valence-electron chi connectivity index (χ0n) is 16.2. The van der Waals surface area contributed by atoms with Crippen molar-refractivity contribution in [1.29, 1.82) is 0 Å². The molecule has 0 aliphatic rings. The zero-order chi connectivity index (χ0) is 18.6. The van der Waals surface area contributed by atoms with Gasteiger partial charge >= 0.3 is 0 Å². The first kappa shape index (κ1) is 19.8. The molecule has 0 aliphatic carbocycles. The minimum Gasteiger partial charge on any atom is -0.370 e. The molecule has 1 aromatic heterocycles. The van der Waals surface area contributed by atoms with Gasteiger partial charge < -0.3 is 16.0 Å². The summed E-state index contributed by atoms with van der Waals surface area (Å²) in [7, 11) is 1.81. The van der Waals surface area contributed by atoms with E-state index in [1.165, 1.54) is 16.7 Å². The lowest BCUT2D eigenvalue weighted by atomic mass is 10.1. The van der Waals surface area contributed by atoms with Crippen LogP contribution in [0.4, 0.5) is 5.82 Å². The SMILES string of the molecule is CN=C(NCCCCNc1ccccn1)NCCc1cc(C)cc(C)c1. The first-order valence-electron chi connectivity index (χ1n) is 9.34. The molecular formula is C21H31N5. The standard InChI is InChI=1S/C21H31N5/c1-17-14-18(2)16-19(15-17)9-13-26-21(22-3)25-12-7-6-11-24-20-8-4-5-10-23-20/h4-5,8,10,14-16H,6-7,9,11-13H2,1-3H3,(H,23,24)(H2,22,25,26). The predicted octanol–water partition coefficient (Wildman–Crippen LogP) is 3.30. The second kappa shape index (κ2) is 11.1. The van der Waals surface area contributed by atoms with Gasteiger partial charge in [0.15, 0.2) is 5.96 Å². The van der Waals surface area contributed by atoms with E-state index in [0.717, 1.165) is 50.7 Å². The Morgan fingerprint density at radius 2 is 1.69 bits per heavy atom. The molecule has 0 bridgehead atoms. The third-order valence-electron chi connectivity index (χ3n) is 4.08. The number of guanidine groups is 1. The number of hydrogen-bond acceptors (Lipinski definition) is 3. The van der Waals surface area contributed by atoms with Crippen molar-refractivity contribution < 1.29 is 0 Å². The molecule has 26 heavy (non-hydrogen) atoms. The van der Waals surface area contributed by atoms with E-state index in [0.29, 0.717) is 0 Å². The van der Waals surface area contributed by atoms with Crippen LogP contribution in [0.5, 0.6) is 0 Å². The Kier molecular flexibility index (Phi) is 8.46. The van der Waals surface area contributed by atoms with E-state index in [2.05, 4.69) is 58.0 Å². The summed E-state index contributed by atoms with van der Waals surface area (Å²) < 4.78 is 0.